The summed E-state index contributed by atoms with van der Waals surface area (Å²) >= 11 is 0. The first-order valence-electron chi connectivity index (χ1n) is 7.85. The molecule has 2 rings (SSSR count). The number of carboxylic acid groups (broad SMARTS) is 1. The van der Waals surface area contributed by atoms with E-state index < -0.39 is 11.5 Å². The number of carboxylic acids is 1. The summed E-state index contributed by atoms with van der Waals surface area (Å²) in [6, 6.07) is 9.42. The Morgan fingerprint density at radius 3 is 2.45 bits per heavy atom. The first-order chi connectivity index (χ1) is 10.6. The van der Waals surface area contributed by atoms with Crippen LogP contribution in [0.25, 0.3) is 0 Å². The molecular weight excluding hydrogens is 282 g/mol. The van der Waals surface area contributed by atoms with Gasteiger partial charge in [-0.15, -0.1) is 0 Å². The van der Waals surface area contributed by atoms with Gasteiger partial charge in [-0.05, 0) is 31.4 Å². The Morgan fingerprint density at radius 2 is 1.82 bits per heavy atom. The van der Waals surface area contributed by atoms with Crippen molar-refractivity contribution in [3.05, 3.63) is 30.3 Å². The Hall–Kier alpha value is -2.04. The second-order valence-electron chi connectivity index (χ2n) is 5.76. The first kappa shape index (κ1) is 16.3. The minimum absolute atomic E-state index is 0.207. The fraction of sp³-hybridized carbons (Fsp3) is 0.529. The molecule has 120 valence electrons. The second-order valence-corrected chi connectivity index (χ2v) is 5.76. The highest BCUT2D eigenvalue weighted by Gasteiger charge is 2.40. The molecule has 22 heavy (non-hydrogen) atoms. The summed E-state index contributed by atoms with van der Waals surface area (Å²) in [7, 11) is 0. The van der Waals surface area contributed by atoms with Crippen LogP contribution in [0.15, 0.2) is 30.3 Å². The van der Waals surface area contributed by atoms with Gasteiger partial charge in [0.2, 0.25) is 5.91 Å². The van der Waals surface area contributed by atoms with Crippen LogP contribution in [0, 0.1) is 0 Å². The number of hydrogen-bond acceptors (Lipinski definition) is 3. The van der Waals surface area contributed by atoms with Crippen LogP contribution in [-0.4, -0.2) is 29.1 Å². The van der Waals surface area contributed by atoms with Crippen LogP contribution in [0.5, 0.6) is 5.75 Å². The summed E-state index contributed by atoms with van der Waals surface area (Å²) in [5.74, 6) is -0.348. The third-order valence-electron chi connectivity index (χ3n) is 4.06. The van der Waals surface area contributed by atoms with Crippen molar-refractivity contribution >= 4 is 11.9 Å². The van der Waals surface area contributed by atoms with Crippen LogP contribution in [0.4, 0.5) is 0 Å². The van der Waals surface area contributed by atoms with Gasteiger partial charge >= 0.3 is 5.97 Å². The Morgan fingerprint density at radius 1 is 1.14 bits per heavy atom. The largest absolute Gasteiger partial charge is 0.494 e. The monoisotopic (exact) mass is 305 g/mol. The van der Waals surface area contributed by atoms with Gasteiger partial charge in [0.25, 0.3) is 0 Å². The molecule has 5 nitrogen and oxygen atoms in total. The van der Waals surface area contributed by atoms with E-state index in [0.29, 0.717) is 25.9 Å². The van der Waals surface area contributed by atoms with Gasteiger partial charge in [0.05, 0.1) is 6.61 Å². The molecular formula is C17H23NO4. The minimum Gasteiger partial charge on any atom is -0.494 e. The number of rotatable bonds is 7. The lowest BCUT2D eigenvalue weighted by Crippen LogP contribution is -2.55. The number of nitrogens with one attached hydrogen (secondary N) is 1. The standard InChI is InChI=1S/C17H23NO4/c19-15(10-7-13-22-14-8-3-1-4-9-14)18-17(16(20)21)11-5-2-6-12-17/h1,3-4,8-9H,2,5-7,10-13H2,(H,18,19)(H,20,21). The summed E-state index contributed by atoms with van der Waals surface area (Å²) in [6.45, 7) is 0.442. The molecule has 0 heterocycles. The molecule has 0 aliphatic heterocycles. The summed E-state index contributed by atoms with van der Waals surface area (Å²) < 4.78 is 5.52. The van der Waals surface area contributed by atoms with E-state index in [1.807, 2.05) is 30.3 Å². The molecule has 1 fully saturated rings. The zero-order valence-corrected chi connectivity index (χ0v) is 12.7. The Labute approximate surface area is 130 Å². The predicted octanol–water partition coefficient (Wildman–Crippen LogP) is 2.75. The Balaban J connectivity index is 1.73. The van der Waals surface area contributed by atoms with E-state index in [9.17, 15) is 14.7 Å². The van der Waals surface area contributed by atoms with E-state index in [1.165, 1.54) is 0 Å². The van der Waals surface area contributed by atoms with Gasteiger partial charge in [0.15, 0.2) is 0 Å². The average molecular weight is 305 g/mol. The third kappa shape index (κ3) is 4.48. The van der Waals surface area contributed by atoms with Crippen LogP contribution >= 0.6 is 0 Å². The molecule has 1 saturated carbocycles. The Kier molecular flexibility index (Phi) is 5.81. The average Bonchev–Trinajstić information content (AvgIpc) is 2.53. The summed E-state index contributed by atoms with van der Waals surface area (Å²) in [4.78, 5) is 23.5. The number of benzene rings is 1. The van der Waals surface area contributed by atoms with E-state index >= 15 is 0 Å². The SMILES string of the molecule is O=C(CCCOc1ccccc1)NC1(C(=O)O)CCCCC1. The molecule has 1 amide bonds. The molecule has 0 unspecified atom stereocenters. The number of carbonyl (C=O) groups is 2. The molecule has 0 radical (unpaired) electrons. The van der Waals surface area contributed by atoms with Gasteiger partial charge in [0, 0.05) is 6.42 Å². The normalized spacial score (nSPS) is 16.7. The van der Waals surface area contributed by atoms with Crippen molar-refractivity contribution in [3.63, 3.8) is 0 Å². The van der Waals surface area contributed by atoms with Crippen LogP contribution in [-0.2, 0) is 9.59 Å². The molecule has 2 N–H and O–H groups in total. The lowest BCUT2D eigenvalue weighted by molar-refractivity contribution is -0.149. The zero-order chi connectivity index (χ0) is 15.8. The maximum Gasteiger partial charge on any atom is 0.329 e. The molecule has 0 bridgehead atoms. The van der Waals surface area contributed by atoms with E-state index in [4.69, 9.17) is 4.74 Å². The van der Waals surface area contributed by atoms with E-state index in [-0.39, 0.29) is 12.3 Å². The molecule has 1 aliphatic rings. The van der Waals surface area contributed by atoms with Crippen LogP contribution < -0.4 is 10.1 Å². The van der Waals surface area contributed by atoms with Crippen LogP contribution in [0.3, 0.4) is 0 Å². The van der Waals surface area contributed by atoms with E-state index in [1.54, 1.807) is 0 Å². The molecule has 1 aromatic carbocycles. The minimum atomic E-state index is -1.06. The van der Waals surface area contributed by atoms with Crippen molar-refractivity contribution in [2.45, 2.75) is 50.5 Å². The molecule has 1 aromatic rings. The predicted molar refractivity (Wildman–Crippen MR) is 82.8 cm³/mol. The van der Waals surface area contributed by atoms with Crippen molar-refractivity contribution < 1.29 is 19.4 Å². The van der Waals surface area contributed by atoms with Crippen LogP contribution in [0.2, 0.25) is 0 Å². The lowest BCUT2D eigenvalue weighted by Gasteiger charge is -2.34. The van der Waals surface area contributed by atoms with Crippen molar-refractivity contribution in [1.29, 1.82) is 0 Å². The van der Waals surface area contributed by atoms with Crippen molar-refractivity contribution in [2.75, 3.05) is 6.61 Å². The fourth-order valence-corrected chi connectivity index (χ4v) is 2.82. The molecule has 0 atom stereocenters. The smallest absolute Gasteiger partial charge is 0.329 e. The van der Waals surface area contributed by atoms with E-state index in [2.05, 4.69) is 5.32 Å². The summed E-state index contributed by atoms with van der Waals surface area (Å²) in [5, 5.41) is 12.2. The Bertz CT molecular complexity index is 495. The quantitative estimate of drug-likeness (QED) is 0.760. The first-order valence-corrected chi connectivity index (χ1v) is 7.85. The van der Waals surface area contributed by atoms with Crippen molar-refractivity contribution in [2.24, 2.45) is 0 Å². The zero-order valence-electron chi connectivity index (χ0n) is 12.7. The van der Waals surface area contributed by atoms with Gasteiger partial charge in [-0.3, -0.25) is 4.79 Å². The topological polar surface area (TPSA) is 75.6 Å². The summed E-state index contributed by atoms with van der Waals surface area (Å²) in [5.41, 5.74) is -1.06. The third-order valence-corrected chi connectivity index (χ3v) is 4.06. The highest BCUT2D eigenvalue weighted by molar-refractivity contribution is 5.87. The van der Waals surface area contributed by atoms with Gasteiger partial charge in [-0.2, -0.15) is 0 Å². The maximum atomic E-state index is 12.0. The number of aliphatic carboxylic acids is 1. The fourth-order valence-electron chi connectivity index (χ4n) is 2.82. The second kappa shape index (κ2) is 7.82. The highest BCUT2D eigenvalue weighted by Crippen LogP contribution is 2.28. The molecule has 0 aromatic heterocycles. The number of carbonyl (C=O) groups excluding carboxylic acids is 1. The molecule has 0 saturated heterocycles. The highest BCUT2D eigenvalue weighted by atomic mass is 16.5. The summed E-state index contributed by atoms with van der Waals surface area (Å²) in [6.07, 6.45) is 4.63. The number of amides is 1. The van der Waals surface area contributed by atoms with Crippen molar-refractivity contribution in [3.8, 4) is 5.75 Å². The molecule has 1 aliphatic carbocycles. The number of hydrogen-bond donors (Lipinski definition) is 2. The molecule has 5 heteroatoms. The van der Waals surface area contributed by atoms with E-state index in [0.717, 1.165) is 25.0 Å². The number of para-hydroxylation sites is 1. The molecule has 0 spiro atoms. The maximum absolute atomic E-state index is 12.0. The van der Waals surface area contributed by atoms with Gasteiger partial charge in [0.1, 0.15) is 11.3 Å². The van der Waals surface area contributed by atoms with Crippen molar-refractivity contribution in [1.82, 2.24) is 5.32 Å². The van der Waals surface area contributed by atoms with Gasteiger partial charge in [-0.25, -0.2) is 4.79 Å². The van der Waals surface area contributed by atoms with Gasteiger partial charge < -0.3 is 15.2 Å². The van der Waals surface area contributed by atoms with Gasteiger partial charge in [-0.1, -0.05) is 37.5 Å². The lowest BCUT2D eigenvalue weighted by atomic mass is 9.81. The number of ether oxygens (including phenoxy) is 1. The van der Waals surface area contributed by atoms with Crippen LogP contribution in [0.1, 0.15) is 44.9 Å².